The van der Waals surface area contributed by atoms with Crippen LogP contribution in [-0.2, 0) is 14.8 Å². The summed E-state index contributed by atoms with van der Waals surface area (Å²) in [6.45, 7) is -0.338. The fourth-order valence-corrected chi connectivity index (χ4v) is 2.20. The molecule has 0 saturated carbocycles. The van der Waals surface area contributed by atoms with Gasteiger partial charge in [-0.2, -0.15) is 4.31 Å². The highest BCUT2D eigenvalue weighted by Gasteiger charge is 2.16. The lowest BCUT2D eigenvalue weighted by Gasteiger charge is -2.13. The first-order valence-corrected chi connectivity index (χ1v) is 8.34. The Bertz CT molecular complexity index is 801. The molecule has 0 amide bonds. The zero-order valence-corrected chi connectivity index (χ0v) is 13.4. The van der Waals surface area contributed by atoms with Crippen molar-refractivity contribution < 1.29 is 22.7 Å². The summed E-state index contributed by atoms with van der Waals surface area (Å²) in [6.07, 6.45) is 1.03. The fourth-order valence-electron chi connectivity index (χ4n) is 1.86. The molecular weight excluding hydrogens is 306 g/mol. The molecular formula is C15H17NO5S. The van der Waals surface area contributed by atoms with Crippen LogP contribution in [0.4, 0.5) is 0 Å². The topological polar surface area (TPSA) is 72.9 Å². The minimum absolute atomic E-state index is 0.338. The van der Waals surface area contributed by atoms with Gasteiger partial charge in [0.25, 0.3) is 0 Å². The van der Waals surface area contributed by atoms with Crippen LogP contribution in [0.15, 0.2) is 36.4 Å². The van der Waals surface area contributed by atoms with Gasteiger partial charge in [0.15, 0.2) is 0 Å². The second-order valence-electron chi connectivity index (χ2n) is 4.87. The summed E-state index contributed by atoms with van der Waals surface area (Å²) in [7, 11) is -0.521. The summed E-state index contributed by atoms with van der Waals surface area (Å²) >= 11 is 0. The molecule has 0 N–H and O–H groups in total. The number of hydrogen-bond acceptors (Lipinski definition) is 5. The van der Waals surface area contributed by atoms with Crippen molar-refractivity contribution in [1.29, 1.82) is 0 Å². The largest absolute Gasteiger partial charge is 0.497 e. The molecule has 0 aliphatic carbocycles. The number of benzene rings is 2. The molecule has 22 heavy (non-hydrogen) atoms. The first-order chi connectivity index (χ1) is 10.3. The van der Waals surface area contributed by atoms with E-state index in [-0.39, 0.29) is 6.54 Å². The Morgan fingerprint density at radius 3 is 2.27 bits per heavy atom. The molecule has 0 aliphatic rings. The quantitative estimate of drug-likeness (QED) is 0.618. The van der Waals surface area contributed by atoms with Gasteiger partial charge >= 0.3 is 5.97 Å². The van der Waals surface area contributed by atoms with Crippen LogP contribution in [0.5, 0.6) is 11.5 Å². The number of methoxy groups -OCH3 is 1. The van der Waals surface area contributed by atoms with E-state index in [1.807, 2.05) is 24.3 Å². The molecule has 0 radical (unpaired) electrons. The van der Waals surface area contributed by atoms with Gasteiger partial charge in [-0.15, -0.1) is 0 Å². The summed E-state index contributed by atoms with van der Waals surface area (Å²) in [5.41, 5.74) is 0. The predicted molar refractivity (Wildman–Crippen MR) is 83.6 cm³/mol. The summed E-state index contributed by atoms with van der Waals surface area (Å²) in [5.74, 6) is 0.413. The van der Waals surface area contributed by atoms with E-state index >= 15 is 0 Å². The number of rotatable bonds is 5. The van der Waals surface area contributed by atoms with Crippen LogP contribution < -0.4 is 9.47 Å². The third-order valence-corrected chi connectivity index (χ3v) is 4.43. The zero-order chi connectivity index (χ0) is 16.3. The highest BCUT2D eigenvalue weighted by Crippen LogP contribution is 2.25. The number of hydrogen-bond donors (Lipinski definition) is 0. The molecule has 0 spiro atoms. The molecule has 2 aromatic carbocycles. The standard InChI is InChI=1S/C15H17NO5S/c1-16(22(3,18)19)10-15(17)21-14-7-5-11-4-6-13(20-2)8-12(11)9-14/h4-9H,10H2,1-3H3. The molecule has 7 heteroatoms. The summed E-state index contributed by atoms with van der Waals surface area (Å²) < 4.78 is 33.8. The van der Waals surface area contributed by atoms with Crippen molar-refractivity contribution in [3.05, 3.63) is 36.4 Å². The van der Waals surface area contributed by atoms with Crippen molar-refractivity contribution in [1.82, 2.24) is 4.31 Å². The lowest BCUT2D eigenvalue weighted by Crippen LogP contribution is -2.33. The lowest BCUT2D eigenvalue weighted by atomic mass is 10.1. The van der Waals surface area contributed by atoms with Crippen molar-refractivity contribution in [3.63, 3.8) is 0 Å². The summed E-state index contributed by atoms with van der Waals surface area (Å²) in [5, 5.41) is 1.84. The molecule has 0 fully saturated rings. The van der Waals surface area contributed by atoms with Gasteiger partial charge in [-0.1, -0.05) is 12.1 Å². The van der Waals surface area contributed by atoms with Gasteiger partial charge in [-0.05, 0) is 35.0 Å². The molecule has 0 aliphatic heterocycles. The maximum atomic E-state index is 11.8. The minimum atomic E-state index is -3.42. The first kappa shape index (κ1) is 16.3. The van der Waals surface area contributed by atoms with Crippen molar-refractivity contribution in [3.8, 4) is 11.5 Å². The molecule has 0 atom stereocenters. The molecule has 6 nitrogen and oxygen atoms in total. The van der Waals surface area contributed by atoms with Crippen LogP contribution in [0.2, 0.25) is 0 Å². The number of likely N-dealkylation sites (N-methyl/N-ethyl adjacent to an activating group) is 1. The number of nitrogens with zero attached hydrogens (tertiary/aromatic N) is 1. The third-order valence-electron chi connectivity index (χ3n) is 3.17. The molecule has 2 aromatic rings. The number of carbonyl (C=O) groups is 1. The Morgan fingerprint density at radius 1 is 1.09 bits per heavy atom. The van der Waals surface area contributed by atoms with Gasteiger partial charge < -0.3 is 9.47 Å². The SMILES string of the molecule is COc1ccc2ccc(OC(=O)CN(C)S(C)(=O)=O)cc2c1. The summed E-state index contributed by atoms with van der Waals surface area (Å²) in [6, 6.07) is 10.8. The van der Waals surface area contributed by atoms with Crippen LogP contribution in [0.1, 0.15) is 0 Å². The number of sulfonamides is 1. The number of carbonyl (C=O) groups excluding carboxylic acids is 1. The van der Waals surface area contributed by atoms with Gasteiger partial charge in [0.2, 0.25) is 10.0 Å². The molecule has 0 aromatic heterocycles. The molecule has 0 saturated heterocycles. The van der Waals surface area contributed by atoms with Crippen molar-refractivity contribution >= 4 is 26.8 Å². The fraction of sp³-hybridized carbons (Fsp3) is 0.267. The lowest BCUT2D eigenvalue weighted by molar-refractivity contribution is -0.134. The van der Waals surface area contributed by atoms with E-state index in [4.69, 9.17) is 9.47 Å². The van der Waals surface area contributed by atoms with E-state index in [9.17, 15) is 13.2 Å². The highest BCUT2D eigenvalue weighted by molar-refractivity contribution is 7.88. The maximum Gasteiger partial charge on any atom is 0.326 e. The van der Waals surface area contributed by atoms with Gasteiger partial charge in [0.1, 0.15) is 18.0 Å². The van der Waals surface area contributed by atoms with E-state index < -0.39 is 16.0 Å². The number of esters is 1. The molecule has 0 bridgehead atoms. The van der Waals surface area contributed by atoms with E-state index in [1.54, 1.807) is 19.2 Å². The Balaban J connectivity index is 2.16. The van der Waals surface area contributed by atoms with Gasteiger partial charge in [0.05, 0.1) is 13.4 Å². The van der Waals surface area contributed by atoms with Crippen LogP contribution in [0, 0.1) is 0 Å². The van der Waals surface area contributed by atoms with Crippen LogP contribution in [0.25, 0.3) is 10.8 Å². The molecule has 118 valence electrons. The average Bonchev–Trinajstić information content (AvgIpc) is 2.45. The van der Waals surface area contributed by atoms with Gasteiger partial charge in [0, 0.05) is 7.05 Å². The number of ether oxygens (including phenoxy) is 2. The van der Waals surface area contributed by atoms with Gasteiger partial charge in [-0.25, -0.2) is 8.42 Å². The first-order valence-electron chi connectivity index (χ1n) is 6.49. The Hall–Kier alpha value is -2.12. The Labute approximate surface area is 129 Å². The smallest absolute Gasteiger partial charge is 0.326 e. The normalized spacial score (nSPS) is 11.6. The van der Waals surface area contributed by atoms with Crippen molar-refractivity contribution in [2.45, 2.75) is 0 Å². The monoisotopic (exact) mass is 323 g/mol. The minimum Gasteiger partial charge on any atom is -0.497 e. The van der Waals surface area contributed by atoms with Crippen LogP contribution in [-0.4, -0.2) is 45.7 Å². The predicted octanol–water partition coefficient (Wildman–Crippen LogP) is 1.65. The van der Waals surface area contributed by atoms with E-state index in [1.165, 1.54) is 7.05 Å². The van der Waals surface area contributed by atoms with Crippen LogP contribution >= 0.6 is 0 Å². The van der Waals surface area contributed by atoms with Gasteiger partial charge in [-0.3, -0.25) is 4.79 Å². The van der Waals surface area contributed by atoms with Crippen molar-refractivity contribution in [2.75, 3.05) is 27.0 Å². The van der Waals surface area contributed by atoms with E-state index in [0.29, 0.717) is 11.5 Å². The third kappa shape index (κ3) is 3.96. The highest BCUT2D eigenvalue weighted by atomic mass is 32.2. The van der Waals surface area contributed by atoms with Crippen LogP contribution in [0.3, 0.4) is 0 Å². The maximum absolute atomic E-state index is 11.8. The average molecular weight is 323 g/mol. The summed E-state index contributed by atoms with van der Waals surface area (Å²) in [4.78, 5) is 11.8. The number of fused-ring (bicyclic) bond motifs is 1. The van der Waals surface area contributed by atoms with E-state index in [2.05, 4.69) is 0 Å². The van der Waals surface area contributed by atoms with Crippen molar-refractivity contribution in [2.24, 2.45) is 0 Å². The Morgan fingerprint density at radius 2 is 1.68 bits per heavy atom. The van der Waals surface area contributed by atoms with E-state index in [0.717, 1.165) is 21.3 Å². The second-order valence-corrected chi connectivity index (χ2v) is 6.96. The zero-order valence-electron chi connectivity index (χ0n) is 12.6. The Kier molecular flexibility index (Phi) is 4.68. The molecule has 2 rings (SSSR count). The molecule has 0 heterocycles. The molecule has 0 unspecified atom stereocenters. The second kappa shape index (κ2) is 6.33.